The van der Waals surface area contributed by atoms with Crippen LogP contribution in [0.2, 0.25) is 0 Å². The summed E-state index contributed by atoms with van der Waals surface area (Å²) in [6, 6.07) is 12.7. The molecule has 1 aromatic heterocycles. The Kier molecular flexibility index (Phi) is 9.34. The summed E-state index contributed by atoms with van der Waals surface area (Å²) in [6.45, 7) is 8.80. The van der Waals surface area contributed by atoms with Gasteiger partial charge in [-0.25, -0.2) is 0 Å². The second kappa shape index (κ2) is 12.0. The summed E-state index contributed by atoms with van der Waals surface area (Å²) in [5.74, 6) is 2.60. The van der Waals surface area contributed by atoms with Crippen LogP contribution >= 0.6 is 24.0 Å². The Morgan fingerprint density at radius 1 is 1.19 bits per heavy atom. The summed E-state index contributed by atoms with van der Waals surface area (Å²) < 4.78 is 5.34. The van der Waals surface area contributed by atoms with Gasteiger partial charge >= 0.3 is 0 Å². The minimum atomic E-state index is 0. The van der Waals surface area contributed by atoms with Gasteiger partial charge in [-0.05, 0) is 38.2 Å². The van der Waals surface area contributed by atoms with Crippen molar-refractivity contribution in [2.45, 2.75) is 83.5 Å². The van der Waals surface area contributed by atoms with Gasteiger partial charge in [0.15, 0.2) is 11.8 Å². The highest BCUT2D eigenvalue weighted by Gasteiger charge is 2.40. The molecule has 3 heterocycles. The molecule has 4 rings (SSSR count). The van der Waals surface area contributed by atoms with Crippen molar-refractivity contribution in [3.8, 4) is 0 Å². The van der Waals surface area contributed by atoms with Crippen molar-refractivity contribution in [2.24, 2.45) is 4.99 Å². The normalized spacial score (nSPS) is 23.2. The first-order valence-corrected chi connectivity index (χ1v) is 11.8. The molecule has 0 radical (unpaired) electrons. The molecule has 2 bridgehead atoms. The van der Waals surface area contributed by atoms with Crippen LogP contribution in [0.5, 0.6) is 0 Å². The first-order chi connectivity index (χ1) is 15.1. The van der Waals surface area contributed by atoms with E-state index in [1.807, 2.05) is 0 Å². The molecular weight excluding hydrogens is 515 g/mol. The van der Waals surface area contributed by atoms with E-state index >= 15 is 0 Å². The van der Waals surface area contributed by atoms with Gasteiger partial charge in [0.1, 0.15) is 0 Å². The first-order valence-electron chi connectivity index (χ1n) is 11.8. The summed E-state index contributed by atoms with van der Waals surface area (Å²) in [4.78, 5) is 11.9. The molecule has 0 amide bonds. The Bertz CT molecular complexity index is 841. The lowest BCUT2D eigenvalue weighted by atomic mass is 9.96. The van der Waals surface area contributed by atoms with Crippen LogP contribution in [0.15, 0.2) is 39.8 Å². The maximum atomic E-state index is 5.34. The molecular formula is C24H37IN6O. The highest BCUT2D eigenvalue weighted by Crippen LogP contribution is 2.36. The lowest BCUT2D eigenvalue weighted by molar-refractivity contribution is 0.114. The number of nitrogens with zero attached hydrogens (tertiary/aromatic N) is 4. The van der Waals surface area contributed by atoms with Gasteiger partial charge in [0.2, 0.25) is 5.89 Å². The Labute approximate surface area is 208 Å². The van der Waals surface area contributed by atoms with Crippen LogP contribution in [-0.2, 0) is 13.0 Å². The molecule has 32 heavy (non-hydrogen) atoms. The van der Waals surface area contributed by atoms with Crippen molar-refractivity contribution < 1.29 is 4.52 Å². The van der Waals surface area contributed by atoms with Crippen molar-refractivity contribution in [1.82, 2.24) is 25.7 Å². The Morgan fingerprint density at radius 2 is 1.91 bits per heavy atom. The molecule has 2 N–H and O–H groups in total. The monoisotopic (exact) mass is 552 g/mol. The van der Waals surface area contributed by atoms with Crippen LogP contribution in [0.25, 0.3) is 0 Å². The fourth-order valence-corrected chi connectivity index (χ4v) is 4.83. The number of guanidine groups is 1. The zero-order valence-electron chi connectivity index (χ0n) is 19.5. The van der Waals surface area contributed by atoms with Crippen molar-refractivity contribution in [3.05, 3.63) is 47.6 Å². The third kappa shape index (κ3) is 6.43. The van der Waals surface area contributed by atoms with Gasteiger partial charge in [-0.1, -0.05) is 49.3 Å². The number of hydrogen-bond acceptors (Lipinski definition) is 5. The second-order valence-electron chi connectivity index (χ2n) is 9.07. The molecule has 2 aromatic rings. The topological polar surface area (TPSA) is 78.6 Å². The number of fused-ring (bicyclic) bond motifs is 2. The number of nitrogens with one attached hydrogen (secondary N) is 2. The van der Waals surface area contributed by atoms with E-state index in [0.29, 0.717) is 37.0 Å². The summed E-state index contributed by atoms with van der Waals surface area (Å²) >= 11 is 0. The standard InChI is InChI=1S/C24H36N6O.HI/c1-4-25-24(26-13-12-22-28-23(17(2)3)29-31-22)27-19-14-20-10-11-21(15-19)30(20)16-18-8-6-5-7-9-18;/h5-9,17,19-21H,4,10-16H2,1-3H3,(H2,25,26,27);1H. The van der Waals surface area contributed by atoms with Gasteiger partial charge in [-0.2, -0.15) is 4.98 Å². The molecule has 176 valence electrons. The molecule has 8 heteroatoms. The van der Waals surface area contributed by atoms with E-state index in [4.69, 9.17) is 9.52 Å². The van der Waals surface area contributed by atoms with Crippen molar-refractivity contribution >= 4 is 29.9 Å². The molecule has 2 aliphatic heterocycles. The van der Waals surface area contributed by atoms with Crippen molar-refractivity contribution in [2.75, 3.05) is 13.1 Å². The summed E-state index contributed by atoms with van der Waals surface area (Å²) in [5.41, 5.74) is 1.42. The maximum absolute atomic E-state index is 5.34. The van der Waals surface area contributed by atoms with Gasteiger partial charge in [-0.3, -0.25) is 9.89 Å². The molecule has 2 aliphatic rings. The second-order valence-corrected chi connectivity index (χ2v) is 9.07. The molecule has 0 spiro atoms. The van der Waals surface area contributed by atoms with Gasteiger partial charge in [-0.15, -0.1) is 24.0 Å². The van der Waals surface area contributed by atoms with Crippen LogP contribution in [-0.4, -0.2) is 52.2 Å². The van der Waals surface area contributed by atoms with E-state index in [-0.39, 0.29) is 29.9 Å². The number of halogens is 1. The number of rotatable bonds is 8. The van der Waals surface area contributed by atoms with E-state index in [2.05, 4.69) is 76.8 Å². The number of benzene rings is 1. The molecule has 7 nitrogen and oxygen atoms in total. The third-order valence-corrected chi connectivity index (χ3v) is 6.37. The highest BCUT2D eigenvalue weighted by atomic mass is 127. The number of piperidine rings is 1. The van der Waals surface area contributed by atoms with Crippen molar-refractivity contribution in [3.63, 3.8) is 0 Å². The molecule has 2 atom stereocenters. The van der Waals surface area contributed by atoms with Crippen LogP contribution < -0.4 is 10.6 Å². The van der Waals surface area contributed by atoms with E-state index in [1.54, 1.807) is 0 Å². The number of hydrogen-bond donors (Lipinski definition) is 2. The molecule has 0 saturated carbocycles. The molecule has 1 aromatic carbocycles. The Hall–Kier alpha value is -1.68. The molecule has 2 unspecified atom stereocenters. The summed E-state index contributed by atoms with van der Waals surface area (Å²) in [6.07, 6.45) is 5.62. The SMILES string of the molecule is CCNC(=NCCc1nc(C(C)C)no1)NC1CC2CCC(C1)N2Cc1ccccc1.I. The summed E-state index contributed by atoms with van der Waals surface area (Å²) in [7, 11) is 0. The van der Waals surface area contributed by atoms with Gasteiger partial charge in [0.25, 0.3) is 0 Å². The zero-order chi connectivity index (χ0) is 21.6. The van der Waals surface area contributed by atoms with E-state index in [9.17, 15) is 0 Å². The van der Waals surface area contributed by atoms with E-state index in [0.717, 1.165) is 24.9 Å². The quantitative estimate of drug-likeness (QED) is 0.292. The van der Waals surface area contributed by atoms with E-state index < -0.39 is 0 Å². The largest absolute Gasteiger partial charge is 0.357 e. The fourth-order valence-electron chi connectivity index (χ4n) is 4.83. The zero-order valence-corrected chi connectivity index (χ0v) is 21.8. The number of aliphatic imine (C=N–C) groups is 1. The molecule has 0 aliphatic carbocycles. The Morgan fingerprint density at radius 3 is 2.53 bits per heavy atom. The third-order valence-electron chi connectivity index (χ3n) is 6.37. The average Bonchev–Trinajstić information content (AvgIpc) is 3.31. The van der Waals surface area contributed by atoms with Crippen LogP contribution in [0.1, 0.15) is 69.7 Å². The molecule has 2 fully saturated rings. The maximum Gasteiger partial charge on any atom is 0.228 e. The van der Waals surface area contributed by atoms with Gasteiger partial charge in [0, 0.05) is 43.6 Å². The van der Waals surface area contributed by atoms with Gasteiger partial charge < -0.3 is 15.2 Å². The predicted octanol–water partition coefficient (Wildman–Crippen LogP) is 4.10. The lowest BCUT2D eigenvalue weighted by Crippen LogP contribution is -2.52. The summed E-state index contributed by atoms with van der Waals surface area (Å²) in [5, 5.41) is 11.1. The van der Waals surface area contributed by atoms with Crippen LogP contribution in [0.3, 0.4) is 0 Å². The smallest absolute Gasteiger partial charge is 0.228 e. The average molecular weight is 553 g/mol. The minimum Gasteiger partial charge on any atom is -0.357 e. The Balaban J connectivity index is 0.00000289. The molecule has 2 saturated heterocycles. The van der Waals surface area contributed by atoms with Gasteiger partial charge in [0.05, 0.1) is 6.54 Å². The fraction of sp³-hybridized carbons (Fsp3) is 0.625. The minimum absolute atomic E-state index is 0. The highest BCUT2D eigenvalue weighted by molar-refractivity contribution is 14.0. The predicted molar refractivity (Wildman–Crippen MR) is 138 cm³/mol. The first kappa shape index (κ1) is 25.0. The lowest BCUT2D eigenvalue weighted by Gasteiger charge is -2.39. The van der Waals surface area contributed by atoms with Crippen molar-refractivity contribution in [1.29, 1.82) is 0 Å². The number of aromatic nitrogens is 2. The van der Waals surface area contributed by atoms with Crippen LogP contribution in [0, 0.1) is 0 Å². The van der Waals surface area contributed by atoms with E-state index in [1.165, 1.54) is 31.2 Å². The van der Waals surface area contributed by atoms with Crippen LogP contribution in [0.4, 0.5) is 0 Å².